The zero-order valence-corrected chi connectivity index (χ0v) is 34.4. The van der Waals surface area contributed by atoms with Crippen LogP contribution < -0.4 is 16.2 Å². The first-order valence-electron chi connectivity index (χ1n) is 18.3. The predicted molar refractivity (Wildman–Crippen MR) is 234 cm³/mol. The average Bonchev–Trinajstić information content (AvgIpc) is 3.10. The fraction of sp³-hybridized carbons (Fsp3) is 0.477. The van der Waals surface area contributed by atoms with Gasteiger partial charge in [-0.3, -0.25) is 9.79 Å². The van der Waals surface area contributed by atoms with E-state index in [2.05, 4.69) is 95.5 Å². The highest BCUT2D eigenvalue weighted by atomic mass is 32.1. The molecule has 0 aliphatic carbocycles. The van der Waals surface area contributed by atoms with E-state index < -0.39 is 5.69 Å². The van der Waals surface area contributed by atoms with Crippen molar-refractivity contribution < 1.29 is 13.9 Å². The van der Waals surface area contributed by atoms with Gasteiger partial charge in [-0.1, -0.05) is 97.2 Å². The van der Waals surface area contributed by atoms with Crippen LogP contribution in [-0.2, 0) is 0 Å². The lowest BCUT2D eigenvalue weighted by atomic mass is 9.90. The number of halogens is 1. The maximum absolute atomic E-state index is 12.8. The maximum atomic E-state index is 12.8. The van der Waals surface area contributed by atoms with Gasteiger partial charge in [-0.2, -0.15) is 4.39 Å². The van der Waals surface area contributed by atoms with E-state index in [1.54, 1.807) is 12.1 Å². The van der Waals surface area contributed by atoms with Crippen LogP contribution in [-0.4, -0.2) is 47.8 Å². The molecule has 0 aliphatic heterocycles. The number of ether oxygens (including phenoxy) is 1. The molecule has 0 saturated heterocycles. The van der Waals surface area contributed by atoms with Gasteiger partial charge >= 0.3 is 0 Å². The van der Waals surface area contributed by atoms with E-state index in [4.69, 9.17) is 16.2 Å². The monoisotopic (exact) mass is 752 g/mol. The molecule has 0 saturated carbocycles. The number of hydrogen-bond acceptors (Lipinski definition) is 5. The normalized spacial score (nSPS) is 12.8. The molecule has 4 N–H and O–H groups in total. The van der Waals surface area contributed by atoms with Gasteiger partial charge in [-0.15, -0.1) is 12.6 Å². The van der Waals surface area contributed by atoms with Gasteiger partial charge in [-0.05, 0) is 112 Å². The van der Waals surface area contributed by atoms with Crippen molar-refractivity contribution >= 4 is 35.8 Å². The van der Waals surface area contributed by atoms with Crippen molar-refractivity contribution in [2.24, 2.45) is 27.4 Å². The second kappa shape index (κ2) is 28.4. The van der Waals surface area contributed by atoms with Gasteiger partial charge in [0.05, 0.1) is 6.54 Å². The molecule has 7 nitrogen and oxygen atoms in total. The summed E-state index contributed by atoms with van der Waals surface area (Å²) in [4.78, 5) is 22.8. The van der Waals surface area contributed by atoms with Gasteiger partial charge in [0.25, 0.3) is 11.6 Å². The number of nitrogens with two attached hydrogens (primary N) is 2. The standard InChI is InChI=1S/C20H26FNOS.C18H29NO.C5H11N3.CH4/c1-6-8-16(7-2)19(13-22-15(5)14(3)4)17-9-11-18(12-10-17)23-20(21)24;1-6-11-19(12-7-2)18(20)17-10-9-16(13-15(17)5)14(4)8-3;1-4(2)3-8-5(6)7;/h6,8-13,16,20,24H,3,7H2,1-2,4-5H3;9-10,13-14H,6-8,11-12H2,1-5H3;1,3H2,2H3,(H4,6,7,8);1H4/b8-6-,19-13+,22-15?;;;. The van der Waals surface area contributed by atoms with E-state index >= 15 is 0 Å². The van der Waals surface area contributed by atoms with Gasteiger partial charge in [0.1, 0.15) is 5.75 Å². The highest BCUT2D eigenvalue weighted by Crippen LogP contribution is 2.29. The molecule has 2 aromatic rings. The van der Waals surface area contributed by atoms with Gasteiger partial charge in [-0.25, -0.2) is 4.99 Å². The topological polar surface area (TPSA) is 106 Å². The second-order valence-electron chi connectivity index (χ2n) is 12.9. The quantitative estimate of drug-likeness (QED) is 0.0492. The number of thiol groups is 1. The molecular formula is C44H70FN5O2S. The van der Waals surface area contributed by atoms with Crippen LogP contribution in [0.4, 0.5) is 4.39 Å². The minimum absolute atomic E-state index is 0. The number of guanidine groups is 1. The van der Waals surface area contributed by atoms with Crippen LogP contribution in [0.15, 0.2) is 95.1 Å². The fourth-order valence-electron chi connectivity index (χ4n) is 4.91. The Bertz CT molecular complexity index is 1500. The Morgan fingerprint density at radius 3 is 1.98 bits per heavy atom. The third kappa shape index (κ3) is 20.6. The van der Waals surface area contributed by atoms with Crippen molar-refractivity contribution in [1.82, 2.24) is 4.90 Å². The molecule has 0 spiro atoms. The molecule has 0 heterocycles. The largest absolute Gasteiger partial charge is 0.451 e. The molecule has 9 heteroatoms. The van der Waals surface area contributed by atoms with Gasteiger partial charge in [0.15, 0.2) is 5.96 Å². The molecule has 0 radical (unpaired) electrons. The molecule has 2 aromatic carbocycles. The zero-order chi connectivity index (χ0) is 39.8. The molecule has 2 rings (SSSR count). The molecule has 0 bridgehead atoms. The number of hydrogen-bond donors (Lipinski definition) is 3. The van der Waals surface area contributed by atoms with Gasteiger partial charge in [0, 0.05) is 36.5 Å². The minimum atomic E-state index is -1.62. The summed E-state index contributed by atoms with van der Waals surface area (Å²) in [6, 6.07) is 13.6. The molecule has 0 aromatic heterocycles. The summed E-state index contributed by atoms with van der Waals surface area (Å²) in [5, 5.41) is 0. The van der Waals surface area contributed by atoms with E-state index in [9.17, 15) is 9.18 Å². The van der Waals surface area contributed by atoms with Gasteiger partial charge in [0.2, 0.25) is 0 Å². The number of aliphatic imine (C=N–C) groups is 2. The molecule has 1 amide bonds. The first-order chi connectivity index (χ1) is 24.6. The number of amides is 1. The van der Waals surface area contributed by atoms with Crippen molar-refractivity contribution in [3.63, 3.8) is 0 Å². The van der Waals surface area contributed by atoms with Crippen molar-refractivity contribution in [1.29, 1.82) is 0 Å². The maximum Gasteiger partial charge on any atom is 0.283 e. The molecular weight excluding hydrogens is 682 g/mol. The molecule has 0 aliphatic rings. The van der Waals surface area contributed by atoms with Crippen LogP contribution >= 0.6 is 12.6 Å². The molecule has 3 atom stereocenters. The number of alkyl halides is 1. The van der Waals surface area contributed by atoms with Crippen LogP contribution in [0, 0.1) is 12.8 Å². The molecule has 296 valence electrons. The van der Waals surface area contributed by atoms with E-state index in [1.807, 2.05) is 63.1 Å². The summed E-state index contributed by atoms with van der Waals surface area (Å²) < 4.78 is 17.7. The SMILES string of the molecule is C.C=C(C)C(C)=N/C=C(/c1ccc(OC(F)S)cc1)C(/C=C\C)CC.C=C(C)CN=C(N)N.CCCN(CCC)C(=O)c1ccc(C(C)CC)cc1C. The number of rotatable bonds is 17. The van der Waals surface area contributed by atoms with E-state index in [-0.39, 0.29) is 25.2 Å². The van der Waals surface area contributed by atoms with Crippen LogP contribution in [0.25, 0.3) is 5.57 Å². The van der Waals surface area contributed by atoms with Crippen LogP contribution in [0.5, 0.6) is 5.75 Å². The molecule has 3 unspecified atom stereocenters. The Balaban J connectivity index is 0. The summed E-state index contributed by atoms with van der Waals surface area (Å²) in [5.41, 5.74) is 16.7. The van der Waals surface area contributed by atoms with Crippen molar-refractivity contribution in [3.05, 3.63) is 107 Å². The third-order valence-corrected chi connectivity index (χ3v) is 8.27. The predicted octanol–water partition coefficient (Wildman–Crippen LogP) is 11.5. The Kier molecular flexibility index (Phi) is 27.3. The fourth-order valence-corrected chi connectivity index (χ4v) is 5.03. The number of benzene rings is 2. The number of carbonyl (C=O) groups excluding carboxylic acids is 1. The Hall–Kier alpha value is -4.11. The summed E-state index contributed by atoms with van der Waals surface area (Å²) in [6.45, 7) is 30.4. The summed E-state index contributed by atoms with van der Waals surface area (Å²) in [6.07, 6.45) is 10.2. The Labute approximate surface area is 327 Å². The smallest absolute Gasteiger partial charge is 0.283 e. The summed E-state index contributed by atoms with van der Waals surface area (Å²) in [7, 11) is 0. The van der Waals surface area contributed by atoms with Crippen molar-refractivity contribution in [2.75, 3.05) is 19.6 Å². The van der Waals surface area contributed by atoms with E-state index in [0.717, 1.165) is 77.9 Å². The van der Waals surface area contributed by atoms with Crippen molar-refractivity contribution in [3.8, 4) is 5.75 Å². The summed E-state index contributed by atoms with van der Waals surface area (Å²) in [5.74, 6) is 1.55. The molecule has 0 fully saturated rings. The number of allylic oxidation sites excluding steroid dienone is 4. The number of aryl methyl sites for hydroxylation is 1. The Morgan fingerprint density at radius 1 is 1.00 bits per heavy atom. The average molecular weight is 752 g/mol. The first kappa shape index (κ1) is 51.0. The highest BCUT2D eigenvalue weighted by molar-refractivity contribution is 7.80. The van der Waals surface area contributed by atoms with E-state index in [1.165, 1.54) is 5.56 Å². The third-order valence-electron chi connectivity index (χ3n) is 8.17. The lowest BCUT2D eigenvalue weighted by Crippen LogP contribution is -2.33. The van der Waals surface area contributed by atoms with Crippen LogP contribution in [0.3, 0.4) is 0 Å². The second-order valence-corrected chi connectivity index (χ2v) is 13.3. The van der Waals surface area contributed by atoms with Crippen LogP contribution in [0.2, 0.25) is 0 Å². The van der Waals surface area contributed by atoms with Crippen LogP contribution in [0.1, 0.15) is 128 Å². The highest BCUT2D eigenvalue weighted by Gasteiger charge is 2.17. The summed E-state index contributed by atoms with van der Waals surface area (Å²) >= 11 is 3.59. The number of carbonyl (C=O) groups is 1. The zero-order valence-electron chi connectivity index (χ0n) is 33.5. The lowest BCUT2D eigenvalue weighted by molar-refractivity contribution is 0.0754. The Morgan fingerprint density at radius 2 is 1.58 bits per heavy atom. The lowest BCUT2D eigenvalue weighted by Gasteiger charge is -2.23. The number of nitrogens with zero attached hydrogens (tertiary/aromatic N) is 3. The first-order valence-corrected chi connectivity index (χ1v) is 18.8. The van der Waals surface area contributed by atoms with E-state index in [0.29, 0.717) is 18.2 Å². The van der Waals surface area contributed by atoms with Gasteiger partial charge < -0.3 is 21.1 Å². The molecule has 53 heavy (non-hydrogen) atoms. The minimum Gasteiger partial charge on any atom is -0.451 e. The van der Waals surface area contributed by atoms with Crippen molar-refractivity contribution in [2.45, 2.75) is 114 Å².